The topological polar surface area (TPSA) is 51.3 Å². The SMILES string of the molecule is O=c1[nH]c2cc3c(cc2cc1-c1ccccc1)OCCO3. The molecule has 0 aliphatic carbocycles. The number of nitrogens with one attached hydrogen (secondary N) is 1. The summed E-state index contributed by atoms with van der Waals surface area (Å²) < 4.78 is 11.1. The Hall–Kier alpha value is -2.75. The van der Waals surface area contributed by atoms with Gasteiger partial charge in [0.2, 0.25) is 0 Å². The number of aromatic amines is 1. The third kappa shape index (κ3) is 2.05. The first-order valence-corrected chi connectivity index (χ1v) is 6.83. The highest BCUT2D eigenvalue weighted by Crippen LogP contribution is 2.34. The number of benzene rings is 2. The molecule has 4 heteroatoms. The maximum atomic E-state index is 12.3. The molecule has 0 radical (unpaired) electrons. The lowest BCUT2D eigenvalue weighted by Crippen LogP contribution is -2.16. The molecule has 1 aromatic heterocycles. The summed E-state index contributed by atoms with van der Waals surface area (Å²) in [4.78, 5) is 15.2. The van der Waals surface area contributed by atoms with E-state index in [1.54, 1.807) is 0 Å². The number of fused-ring (bicyclic) bond motifs is 2. The molecule has 4 nitrogen and oxygen atoms in total. The zero-order valence-electron chi connectivity index (χ0n) is 11.3. The van der Waals surface area contributed by atoms with E-state index in [1.807, 2.05) is 48.5 Å². The highest BCUT2D eigenvalue weighted by atomic mass is 16.6. The van der Waals surface area contributed by atoms with Gasteiger partial charge in [-0.3, -0.25) is 4.79 Å². The van der Waals surface area contributed by atoms with Gasteiger partial charge < -0.3 is 14.5 Å². The molecular weight excluding hydrogens is 266 g/mol. The molecule has 2 heterocycles. The number of H-pyrrole nitrogens is 1. The minimum Gasteiger partial charge on any atom is -0.486 e. The van der Waals surface area contributed by atoms with Gasteiger partial charge in [-0.25, -0.2) is 0 Å². The summed E-state index contributed by atoms with van der Waals surface area (Å²) in [6, 6.07) is 15.2. The molecule has 0 fully saturated rings. The number of aromatic nitrogens is 1. The Morgan fingerprint density at radius 3 is 2.38 bits per heavy atom. The van der Waals surface area contributed by atoms with E-state index in [4.69, 9.17) is 9.47 Å². The Bertz CT molecular complexity index is 868. The van der Waals surface area contributed by atoms with Crippen molar-refractivity contribution in [1.82, 2.24) is 4.98 Å². The number of ether oxygens (including phenoxy) is 2. The predicted molar refractivity (Wildman–Crippen MR) is 81.0 cm³/mol. The van der Waals surface area contributed by atoms with Crippen molar-refractivity contribution in [3.63, 3.8) is 0 Å². The maximum Gasteiger partial charge on any atom is 0.256 e. The number of pyridine rings is 1. The van der Waals surface area contributed by atoms with Gasteiger partial charge in [-0.2, -0.15) is 0 Å². The molecule has 0 amide bonds. The molecular formula is C17H13NO3. The number of rotatable bonds is 1. The van der Waals surface area contributed by atoms with Gasteiger partial charge >= 0.3 is 0 Å². The molecule has 0 bridgehead atoms. The van der Waals surface area contributed by atoms with E-state index in [2.05, 4.69) is 4.98 Å². The molecule has 4 rings (SSSR count). The molecule has 2 aromatic carbocycles. The summed E-state index contributed by atoms with van der Waals surface area (Å²) in [5.74, 6) is 1.40. The van der Waals surface area contributed by atoms with E-state index in [0.717, 1.165) is 22.2 Å². The van der Waals surface area contributed by atoms with Gasteiger partial charge in [-0.1, -0.05) is 30.3 Å². The molecule has 1 aliphatic heterocycles. The van der Waals surface area contributed by atoms with Crippen LogP contribution in [0.2, 0.25) is 0 Å². The van der Waals surface area contributed by atoms with Gasteiger partial charge in [0.25, 0.3) is 5.56 Å². The first-order chi connectivity index (χ1) is 10.3. The first kappa shape index (κ1) is 12.0. The van der Waals surface area contributed by atoms with Crippen LogP contribution in [0, 0.1) is 0 Å². The number of hydrogen-bond donors (Lipinski definition) is 1. The minimum atomic E-state index is -0.106. The lowest BCUT2D eigenvalue weighted by Gasteiger charge is -2.18. The van der Waals surface area contributed by atoms with Crippen LogP contribution in [-0.2, 0) is 0 Å². The molecule has 1 N–H and O–H groups in total. The van der Waals surface area contributed by atoms with E-state index in [9.17, 15) is 4.79 Å². The van der Waals surface area contributed by atoms with Crippen LogP contribution in [-0.4, -0.2) is 18.2 Å². The lowest BCUT2D eigenvalue weighted by atomic mass is 10.0. The average Bonchev–Trinajstić information content (AvgIpc) is 2.53. The van der Waals surface area contributed by atoms with Crippen molar-refractivity contribution in [3.05, 3.63) is 58.9 Å². The second-order valence-corrected chi connectivity index (χ2v) is 4.96. The third-order valence-corrected chi connectivity index (χ3v) is 3.59. The highest BCUT2D eigenvalue weighted by Gasteiger charge is 2.14. The molecule has 3 aromatic rings. The van der Waals surface area contributed by atoms with Gasteiger partial charge in [-0.05, 0) is 17.7 Å². The molecule has 104 valence electrons. The van der Waals surface area contributed by atoms with Crippen molar-refractivity contribution in [3.8, 4) is 22.6 Å². The van der Waals surface area contributed by atoms with Gasteiger partial charge in [0.15, 0.2) is 11.5 Å². The summed E-state index contributed by atoms with van der Waals surface area (Å²) in [6.07, 6.45) is 0. The van der Waals surface area contributed by atoms with Crippen LogP contribution in [0.25, 0.3) is 22.0 Å². The van der Waals surface area contributed by atoms with Crippen LogP contribution >= 0.6 is 0 Å². The second-order valence-electron chi connectivity index (χ2n) is 4.96. The number of hydrogen-bond acceptors (Lipinski definition) is 3. The molecule has 0 saturated heterocycles. The second kappa shape index (κ2) is 4.66. The Morgan fingerprint density at radius 1 is 0.905 bits per heavy atom. The van der Waals surface area contributed by atoms with Crippen LogP contribution in [0.3, 0.4) is 0 Å². The van der Waals surface area contributed by atoms with Crippen LogP contribution in [0.15, 0.2) is 53.3 Å². The van der Waals surface area contributed by atoms with Crippen molar-refractivity contribution in [2.45, 2.75) is 0 Å². The van der Waals surface area contributed by atoms with E-state index < -0.39 is 0 Å². The van der Waals surface area contributed by atoms with Crippen molar-refractivity contribution in [1.29, 1.82) is 0 Å². The quantitative estimate of drug-likeness (QED) is 0.745. The monoisotopic (exact) mass is 279 g/mol. The van der Waals surface area contributed by atoms with Crippen molar-refractivity contribution in [2.24, 2.45) is 0 Å². The van der Waals surface area contributed by atoms with E-state index in [-0.39, 0.29) is 5.56 Å². The minimum absolute atomic E-state index is 0.106. The summed E-state index contributed by atoms with van der Waals surface area (Å²) in [6.45, 7) is 1.08. The summed E-state index contributed by atoms with van der Waals surface area (Å²) in [5, 5.41) is 0.928. The fraction of sp³-hybridized carbons (Fsp3) is 0.118. The fourth-order valence-electron chi connectivity index (χ4n) is 2.58. The van der Waals surface area contributed by atoms with Gasteiger partial charge in [0.1, 0.15) is 13.2 Å². The highest BCUT2D eigenvalue weighted by molar-refractivity contribution is 5.86. The molecule has 0 saturated carbocycles. The van der Waals surface area contributed by atoms with Gasteiger partial charge in [0.05, 0.1) is 5.52 Å². The Morgan fingerprint density at radius 2 is 1.62 bits per heavy atom. The Labute approximate surface area is 121 Å². The first-order valence-electron chi connectivity index (χ1n) is 6.83. The van der Waals surface area contributed by atoms with Crippen LogP contribution in [0.4, 0.5) is 0 Å². The fourth-order valence-corrected chi connectivity index (χ4v) is 2.58. The van der Waals surface area contributed by atoms with Gasteiger partial charge in [0, 0.05) is 17.0 Å². The average molecular weight is 279 g/mol. The maximum absolute atomic E-state index is 12.3. The molecule has 0 unspecified atom stereocenters. The summed E-state index contributed by atoms with van der Waals surface area (Å²) >= 11 is 0. The van der Waals surface area contributed by atoms with Gasteiger partial charge in [-0.15, -0.1) is 0 Å². The van der Waals surface area contributed by atoms with E-state index in [1.165, 1.54) is 0 Å². The summed E-state index contributed by atoms with van der Waals surface area (Å²) in [7, 11) is 0. The zero-order valence-corrected chi connectivity index (χ0v) is 11.3. The Balaban J connectivity index is 1.95. The van der Waals surface area contributed by atoms with Crippen LogP contribution in [0.5, 0.6) is 11.5 Å². The van der Waals surface area contributed by atoms with E-state index in [0.29, 0.717) is 24.5 Å². The van der Waals surface area contributed by atoms with Crippen molar-refractivity contribution < 1.29 is 9.47 Å². The van der Waals surface area contributed by atoms with Crippen molar-refractivity contribution in [2.75, 3.05) is 13.2 Å². The zero-order chi connectivity index (χ0) is 14.2. The lowest BCUT2D eigenvalue weighted by molar-refractivity contribution is 0.172. The molecule has 21 heavy (non-hydrogen) atoms. The van der Waals surface area contributed by atoms with Crippen molar-refractivity contribution >= 4 is 10.9 Å². The largest absolute Gasteiger partial charge is 0.486 e. The smallest absolute Gasteiger partial charge is 0.256 e. The third-order valence-electron chi connectivity index (χ3n) is 3.59. The van der Waals surface area contributed by atoms with E-state index >= 15 is 0 Å². The van der Waals surface area contributed by atoms with Crippen LogP contribution < -0.4 is 15.0 Å². The predicted octanol–water partition coefficient (Wildman–Crippen LogP) is 2.97. The van der Waals surface area contributed by atoms with Crippen LogP contribution in [0.1, 0.15) is 0 Å². The molecule has 1 aliphatic rings. The normalized spacial score (nSPS) is 13.3. The molecule has 0 spiro atoms. The Kier molecular flexibility index (Phi) is 2.67. The summed E-state index contributed by atoms with van der Waals surface area (Å²) in [5.41, 5.74) is 2.20. The molecule has 0 atom stereocenters. The standard InChI is InChI=1S/C17H13NO3/c19-17-13(11-4-2-1-3-5-11)8-12-9-15-16(10-14(12)18-17)21-7-6-20-15/h1-5,8-10H,6-7H2,(H,18,19).